The van der Waals surface area contributed by atoms with E-state index in [1.54, 1.807) is 6.08 Å². The van der Waals surface area contributed by atoms with Gasteiger partial charge in [0.15, 0.2) is 0 Å². The highest BCUT2D eigenvalue weighted by atomic mass is 16.6. The smallest absolute Gasteiger partial charge is 0.373 e. The van der Waals surface area contributed by atoms with E-state index in [1.807, 2.05) is 30.3 Å². The van der Waals surface area contributed by atoms with Gasteiger partial charge in [0.25, 0.3) is 5.97 Å². The fraction of sp³-hybridized carbons (Fsp3) is 0.500. The molecule has 1 aromatic carbocycles. The number of carboxylic acid groups (broad SMARTS) is 1. The predicted molar refractivity (Wildman–Crippen MR) is 99.1 cm³/mol. The Labute approximate surface area is 150 Å². The number of hydrogen-bond acceptors (Lipinski definition) is 4. The molecule has 0 bridgehead atoms. The molecule has 25 heavy (non-hydrogen) atoms. The maximum absolute atomic E-state index is 11.9. The molecule has 1 N–H and O–H groups in total. The number of ether oxygens (including phenoxy) is 2. The first-order valence-electron chi connectivity index (χ1n) is 8.68. The predicted octanol–water partition coefficient (Wildman–Crippen LogP) is 4.67. The van der Waals surface area contributed by atoms with Gasteiger partial charge in [-0.05, 0) is 18.1 Å². The van der Waals surface area contributed by atoms with Gasteiger partial charge in [0.1, 0.15) is 0 Å². The third-order valence-corrected chi connectivity index (χ3v) is 3.25. The number of carbonyl (C=O) groups excluding carboxylic acids is 1. The second-order valence-corrected chi connectivity index (χ2v) is 5.55. The van der Waals surface area contributed by atoms with Crippen molar-refractivity contribution in [3.05, 3.63) is 41.7 Å². The fourth-order valence-electron chi connectivity index (χ4n) is 2.02. The minimum atomic E-state index is -0.833. The Kier molecular flexibility index (Phi) is 13.8. The highest BCUT2D eigenvalue weighted by molar-refractivity contribution is 5.91. The molecule has 0 spiro atoms. The Hall–Kier alpha value is -2.30. The molecular weight excluding hydrogens is 320 g/mol. The first-order valence-corrected chi connectivity index (χ1v) is 8.68. The number of carboxylic acids is 1. The normalized spacial score (nSPS) is 10.4. The molecule has 0 heterocycles. The van der Waals surface area contributed by atoms with E-state index in [0.717, 1.165) is 25.3 Å². The van der Waals surface area contributed by atoms with Crippen molar-refractivity contribution < 1.29 is 24.2 Å². The summed E-state index contributed by atoms with van der Waals surface area (Å²) in [5.41, 5.74) is 0.922. The zero-order valence-electron chi connectivity index (χ0n) is 15.5. The van der Waals surface area contributed by atoms with Crippen LogP contribution in [0.1, 0.15) is 57.9 Å². The third kappa shape index (κ3) is 13.8. The standard InChI is InChI=1S/C18H26O3.C2H4O2/c1-3-4-5-6-7-11-14-21-18(19)17(20-2)15-16-12-9-8-10-13-16;1-2(3)4/h8-10,12-13,15H,3-7,11,14H2,1-2H3;1H3,(H,3,4). The van der Waals surface area contributed by atoms with Crippen molar-refractivity contribution in [2.75, 3.05) is 13.7 Å². The maximum atomic E-state index is 11.9. The molecule has 5 heteroatoms. The van der Waals surface area contributed by atoms with E-state index in [4.69, 9.17) is 19.4 Å². The molecule has 0 radical (unpaired) electrons. The van der Waals surface area contributed by atoms with Crippen molar-refractivity contribution >= 4 is 18.0 Å². The first-order chi connectivity index (χ1) is 12.0. The molecule has 0 atom stereocenters. The van der Waals surface area contributed by atoms with Crippen LogP contribution in [0.3, 0.4) is 0 Å². The second-order valence-electron chi connectivity index (χ2n) is 5.55. The SMILES string of the molecule is CC(=O)O.CCCCCCCCOC(=O)C(=Cc1ccccc1)OC. The van der Waals surface area contributed by atoms with Crippen LogP contribution < -0.4 is 0 Å². The summed E-state index contributed by atoms with van der Waals surface area (Å²) in [6.45, 7) is 3.74. The van der Waals surface area contributed by atoms with Crippen LogP contribution in [-0.2, 0) is 19.1 Å². The van der Waals surface area contributed by atoms with Crippen LogP contribution in [0.2, 0.25) is 0 Å². The minimum absolute atomic E-state index is 0.243. The molecule has 0 aliphatic rings. The van der Waals surface area contributed by atoms with Gasteiger partial charge < -0.3 is 14.6 Å². The summed E-state index contributed by atoms with van der Waals surface area (Å²) < 4.78 is 10.4. The van der Waals surface area contributed by atoms with Crippen LogP contribution in [0.4, 0.5) is 0 Å². The van der Waals surface area contributed by atoms with Crippen LogP contribution in [0.25, 0.3) is 6.08 Å². The monoisotopic (exact) mass is 350 g/mol. The van der Waals surface area contributed by atoms with Crippen LogP contribution >= 0.6 is 0 Å². The third-order valence-electron chi connectivity index (χ3n) is 3.25. The lowest BCUT2D eigenvalue weighted by Crippen LogP contribution is -2.10. The van der Waals surface area contributed by atoms with Crippen molar-refractivity contribution in [1.29, 1.82) is 0 Å². The number of esters is 1. The molecule has 0 aliphatic heterocycles. The van der Waals surface area contributed by atoms with Gasteiger partial charge in [0.05, 0.1) is 13.7 Å². The molecule has 0 fully saturated rings. The summed E-state index contributed by atoms with van der Waals surface area (Å²) in [4.78, 5) is 20.9. The van der Waals surface area contributed by atoms with Gasteiger partial charge in [0.2, 0.25) is 5.76 Å². The Bertz CT molecular complexity index is 504. The lowest BCUT2D eigenvalue weighted by Gasteiger charge is -2.07. The van der Waals surface area contributed by atoms with Crippen molar-refractivity contribution in [3.8, 4) is 0 Å². The minimum Gasteiger partial charge on any atom is -0.490 e. The van der Waals surface area contributed by atoms with E-state index in [1.165, 1.54) is 32.8 Å². The summed E-state index contributed by atoms with van der Waals surface area (Å²) in [7, 11) is 1.49. The van der Waals surface area contributed by atoms with Gasteiger partial charge in [-0.25, -0.2) is 4.79 Å². The number of hydrogen-bond donors (Lipinski definition) is 1. The average molecular weight is 350 g/mol. The summed E-state index contributed by atoms with van der Waals surface area (Å²) in [5, 5.41) is 7.42. The Morgan fingerprint density at radius 3 is 2.16 bits per heavy atom. The molecule has 0 saturated heterocycles. The van der Waals surface area contributed by atoms with Gasteiger partial charge in [-0.3, -0.25) is 4.79 Å². The molecule has 0 unspecified atom stereocenters. The number of rotatable bonds is 10. The van der Waals surface area contributed by atoms with Crippen LogP contribution in [-0.4, -0.2) is 30.8 Å². The Morgan fingerprint density at radius 2 is 1.60 bits per heavy atom. The topological polar surface area (TPSA) is 72.8 Å². The zero-order valence-corrected chi connectivity index (χ0v) is 15.5. The highest BCUT2D eigenvalue weighted by Gasteiger charge is 2.11. The van der Waals surface area contributed by atoms with Crippen LogP contribution in [0.15, 0.2) is 36.1 Å². The summed E-state index contributed by atoms with van der Waals surface area (Å²) in [6, 6.07) is 9.60. The summed E-state index contributed by atoms with van der Waals surface area (Å²) in [6.07, 6.45) is 8.73. The molecular formula is C20H30O5. The summed E-state index contributed by atoms with van der Waals surface area (Å²) >= 11 is 0. The molecule has 1 rings (SSSR count). The van der Waals surface area contributed by atoms with Gasteiger partial charge >= 0.3 is 5.97 Å². The fourth-order valence-corrected chi connectivity index (χ4v) is 2.02. The molecule has 0 aliphatic carbocycles. The molecule has 140 valence electrons. The summed E-state index contributed by atoms with van der Waals surface area (Å²) in [5.74, 6) is -0.984. The largest absolute Gasteiger partial charge is 0.490 e. The van der Waals surface area contributed by atoms with E-state index in [-0.39, 0.29) is 5.76 Å². The number of aliphatic carboxylic acids is 1. The first kappa shape index (κ1) is 22.7. The zero-order chi connectivity index (χ0) is 18.9. The molecule has 0 aromatic heterocycles. The van der Waals surface area contributed by atoms with Crippen molar-refractivity contribution in [1.82, 2.24) is 0 Å². The van der Waals surface area contributed by atoms with E-state index >= 15 is 0 Å². The van der Waals surface area contributed by atoms with E-state index in [9.17, 15) is 4.79 Å². The van der Waals surface area contributed by atoms with Crippen LogP contribution in [0.5, 0.6) is 0 Å². The van der Waals surface area contributed by atoms with Crippen molar-refractivity contribution in [2.45, 2.75) is 52.4 Å². The van der Waals surface area contributed by atoms with Crippen LogP contribution in [0, 0.1) is 0 Å². The quantitative estimate of drug-likeness (QED) is 0.287. The Balaban J connectivity index is 0.00000129. The van der Waals surface area contributed by atoms with E-state index in [0.29, 0.717) is 6.61 Å². The Morgan fingerprint density at radius 1 is 1.04 bits per heavy atom. The molecule has 0 amide bonds. The number of benzene rings is 1. The average Bonchev–Trinajstić information content (AvgIpc) is 2.59. The maximum Gasteiger partial charge on any atom is 0.373 e. The van der Waals surface area contributed by atoms with E-state index in [2.05, 4.69) is 6.92 Å². The number of unbranched alkanes of at least 4 members (excludes halogenated alkanes) is 5. The number of carbonyl (C=O) groups is 2. The second kappa shape index (κ2) is 15.2. The van der Waals surface area contributed by atoms with Gasteiger partial charge in [0, 0.05) is 6.92 Å². The lowest BCUT2D eigenvalue weighted by atomic mass is 10.1. The molecule has 5 nitrogen and oxygen atoms in total. The lowest BCUT2D eigenvalue weighted by molar-refractivity contribution is -0.142. The molecule has 1 aromatic rings. The highest BCUT2D eigenvalue weighted by Crippen LogP contribution is 2.10. The van der Waals surface area contributed by atoms with Gasteiger partial charge in [-0.15, -0.1) is 0 Å². The molecule has 0 saturated carbocycles. The van der Waals surface area contributed by atoms with Crippen molar-refractivity contribution in [2.24, 2.45) is 0 Å². The van der Waals surface area contributed by atoms with Gasteiger partial charge in [-0.2, -0.15) is 0 Å². The van der Waals surface area contributed by atoms with Crippen molar-refractivity contribution in [3.63, 3.8) is 0 Å². The van der Waals surface area contributed by atoms with Gasteiger partial charge in [-0.1, -0.05) is 69.4 Å². The van der Waals surface area contributed by atoms with E-state index < -0.39 is 11.9 Å². The number of methoxy groups -OCH3 is 1.